The number of carbonyl (C=O) groups is 1. The number of nitrogens with zero attached hydrogens (tertiary/aromatic N) is 2. The summed E-state index contributed by atoms with van der Waals surface area (Å²) >= 11 is 0. The Hall–Kier alpha value is -1.14. The molecule has 0 radical (unpaired) electrons. The van der Waals surface area contributed by atoms with Crippen molar-refractivity contribution in [1.29, 1.82) is 0 Å². The number of piperazine rings is 1. The fourth-order valence-corrected chi connectivity index (χ4v) is 2.71. The highest BCUT2D eigenvalue weighted by atomic mass is 35.5. The molecule has 0 atom stereocenters. The van der Waals surface area contributed by atoms with E-state index in [9.17, 15) is 4.79 Å². The van der Waals surface area contributed by atoms with Crippen LogP contribution in [0.2, 0.25) is 0 Å². The lowest BCUT2D eigenvalue weighted by Gasteiger charge is -2.29. The van der Waals surface area contributed by atoms with Crippen molar-refractivity contribution in [3.05, 3.63) is 35.4 Å². The zero-order chi connectivity index (χ0) is 15.8. The zero-order valence-corrected chi connectivity index (χ0v) is 14.9. The molecule has 1 fully saturated rings. The third-order valence-electron chi connectivity index (χ3n) is 4.03. The minimum Gasteiger partial charge on any atom is -0.469 e. The van der Waals surface area contributed by atoms with Crippen LogP contribution in [-0.4, -0.2) is 69.2 Å². The summed E-state index contributed by atoms with van der Waals surface area (Å²) in [6.45, 7) is 7.55. The van der Waals surface area contributed by atoms with E-state index in [0.29, 0.717) is 6.42 Å². The average molecular weight is 342 g/mol. The lowest BCUT2D eigenvalue weighted by Crippen LogP contribution is -2.45. The van der Waals surface area contributed by atoms with Gasteiger partial charge in [0.1, 0.15) is 0 Å². The molecule has 0 aliphatic carbocycles. The van der Waals surface area contributed by atoms with Gasteiger partial charge in [0.15, 0.2) is 0 Å². The Morgan fingerprint density at radius 3 is 2.70 bits per heavy atom. The lowest BCUT2D eigenvalue weighted by atomic mass is 10.1. The van der Waals surface area contributed by atoms with Crippen LogP contribution in [0.3, 0.4) is 0 Å². The molecule has 1 aromatic rings. The highest BCUT2D eigenvalue weighted by molar-refractivity contribution is 5.85. The van der Waals surface area contributed by atoms with Crippen molar-refractivity contribution in [3.8, 4) is 0 Å². The van der Waals surface area contributed by atoms with E-state index in [1.54, 1.807) is 0 Å². The predicted molar refractivity (Wildman–Crippen MR) is 95.1 cm³/mol. The van der Waals surface area contributed by atoms with Crippen molar-refractivity contribution in [2.45, 2.75) is 13.0 Å². The molecule has 1 heterocycles. The Balaban J connectivity index is 0.00000264. The Morgan fingerprint density at radius 1 is 1.30 bits per heavy atom. The molecular weight excluding hydrogens is 314 g/mol. The van der Waals surface area contributed by atoms with Gasteiger partial charge in [0.05, 0.1) is 13.5 Å². The van der Waals surface area contributed by atoms with E-state index in [1.807, 2.05) is 12.1 Å². The standard InChI is InChI=1S/C17H27N3O2.ClH/c1-19(10-11-20-8-6-18-7-9-20)14-16-5-3-4-15(12-16)13-17(21)22-2;/h3-5,12,18H,6-11,13-14H2,1-2H3;1H. The molecule has 1 aromatic carbocycles. The Kier molecular flexibility index (Phi) is 9.17. The van der Waals surface area contributed by atoms with Crippen LogP contribution >= 0.6 is 12.4 Å². The van der Waals surface area contributed by atoms with Gasteiger partial charge in [-0.15, -0.1) is 12.4 Å². The second-order valence-electron chi connectivity index (χ2n) is 5.90. The fraction of sp³-hybridized carbons (Fsp3) is 0.588. The molecule has 1 aliphatic heterocycles. The summed E-state index contributed by atoms with van der Waals surface area (Å²) in [5, 5.41) is 3.38. The molecule has 5 nitrogen and oxygen atoms in total. The average Bonchev–Trinajstić information content (AvgIpc) is 2.54. The van der Waals surface area contributed by atoms with Crippen LogP contribution in [0.15, 0.2) is 24.3 Å². The van der Waals surface area contributed by atoms with Crippen molar-refractivity contribution in [3.63, 3.8) is 0 Å². The van der Waals surface area contributed by atoms with Gasteiger partial charge in [-0.25, -0.2) is 0 Å². The quantitative estimate of drug-likeness (QED) is 0.754. The SMILES string of the molecule is COC(=O)Cc1cccc(CN(C)CCN2CCNCC2)c1.Cl. The van der Waals surface area contributed by atoms with Crippen molar-refractivity contribution in [1.82, 2.24) is 15.1 Å². The fourth-order valence-electron chi connectivity index (χ4n) is 2.71. The molecule has 0 amide bonds. The minimum atomic E-state index is -0.191. The molecule has 0 bridgehead atoms. The molecular formula is C17H28ClN3O2. The van der Waals surface area contributed by atoms with Gasteiger partial charge in [-0.3, -0.25) is 9.69 Å². The third kappa shape index (κ3) is 7.31. The number of hydrogen-bond acceptors (Lipinski definition) is 5. The maximum Gasteiger partial charge on any atom is 0.309 e. The first-order chi connectivity index (χ1) is 10.7. The van der Waals surface area contributed by atoms with Gasteiger partial charge in [-0.2, -0.15) is 0 Å². The second-order valence-corrected chi connectivity index (χ2v) is 5.90. The number of benzene rings is 1. The number of hydrogen-bond donors (Lipinski definition) is 1. The summed E-state index contributed by atoms with van der Waals surface area (Å²) < 4.78 is 4.72. The van der Waals surface area contributed by atoms with Crippen LogP contribution in [0.25, 0.3) is 0 Å². The number of esters is 1. The zero-order valence-electron chi connectivity index (χ0n) is 14.1. The van der Waals surface area contributed by atoms with Gasteiger partial charge >= 0.3 is 5.97 Å². The maximum absolute atomic E-state index is 11.3. The highest BCUT2D eigenvalue weighted by Crippen LogP contribution is 2.09. The van der Waals surface area contributed by atoms with E-state index < -0.39 is 0 Å². The summed E-state index contributed by atoms with van der Waals surface area (Å²) in [6.07, 6.45) is 0.342. The van der Waals surface area contributed by atoms with Gasteiger partial charge < -0.3 is 15.0 Å². The molecule has 1 aliphatic rings. The first kappa shape index (κ1) is 19.9. The van der Waals surface area contributed by atoms with Crippen LogP contribution in [-0.2, 0) is 22.5 Å². The van der Waals surface area contributed by atoms with Gasteiger partial charge in [-0.1, -0.05) is 24.3 Å². The number of likely N-dealkylation sites (N-methyl/N-ethyl adjacent to an activating group) is 1. The maximum atomic E-state index is 11.3. The smallest absolute Gasteiger partial charge is 0.309 e. The summed E-state index contributed by atoms with van der Waals surface area (Å²) in [6, 6.07) is 8.19. The molecule has 0 saturated carbocycles. The largest absolute Gasteiger partial charge is 0.469 e. The first-order valence-electron chi connectivity index (χ1n) is 7.93. The number of nitrogens with one attached hydrogen (secondary N) is 1. The Bertz CT molecular complexity index is 479. The van der Waals surface area contributed by atoms with E-state index in [0.717, 1.165) is 51.4 Å². The number of methoxy groups -OCH3 is 1. The normalized spacial score (nSPS) is 15.3. The number of rotatable bonds is 7. The molecule has 2 rings (SSSR count). The molecule has 130 valence electrons. The third-order valence-corrected chi connectivity index (χ3v) is 4.03. The number of ether oxygens (including phenoxy) is 1. The summed E-state index contributed by atoms with van der Waals surface area (Å²) in [5.41, 5.74) is 2.25. The molecule has 6 heteroatoms. The van der Waals surface area contributed by atoms with Crippen LogP contribution in [0.4, 0.5) is 0 Å². The van der Waals surface area contributed by atoms with Crippen LogP contribution in [0.5, 0.6) is 0 Å². The monoisotopic (exact) mass is 341 g/mol. The first-order valence-corrected chi connectivity index (χ1v) is 7.93. The van der Waals surface area contributed by atoms with Crippen molar-refractivity contribution < 1.29 is 9.53 Å². The van der Waals surface area contributed by atoms with Crippen molar-refractivity contribution in [2.24, 2.45) is 0 Å². The molecule has 1 saturated heterocycles. The van der Waals surface area contributed by atoms with Crippen molar-refractivity contribution >= 4 is 18.4 Å². The van der Waals surface area contributed by atoms with E-state index in [-0.39, 0.29) is 18.4 Å². The van der Waals surface area contributed by atoms with Crippen LogP contribution < -0.4 is 5.32 Å². The summed E-state index contributed by atoms with van der Waals surface area (Å²) in [7, 11) is 3.57. The van der Waals surface area contributed by atoms with Crippen molar-refractivity contribution in [2.75, 3.05) is 53.4 Å². The molecule has 0 aromatic heterocycles. The number of halogens is 1. The van der Waals surface area contributed by atoms with Gasteiger partial charge in [-0.05, 0) is 18.2 Å². The molecule has 23 heavy (non-hydrogen) atoms. The van der Waals surface area contributed by atoms with Gasteiger partial charge in [0.25, 0.3) is 0 Å². The topological polar surface area (TPSA) is 44.8 Å². The van der Waals surface area contributed by atoms with E-state index in [2.05, 4.69) is 34.3 Å². The van der Waals surface area contributed by atoms with Crippen LogP contribution in [0.1, 0.15) is 11.1 Å². The van der Waals surface area contributed by atoms with E-state index in [4.69, 9.17) is 4.74 Å². The Morgan fingerprint density at radius 2 is 2.00 bits per heavy atom. The summed E-state index contributed by atoms with van der Waals surface area (Å²) in [4.78, 5) is 16.2. The lowest BCUT2D eigenvalue weighted by molar-refractivity contribution is -0.139. The molecule has 0 spiro atoms. The highest BCUT2D eigenvalue weighted by Gasteiger charge is 2.10. The predicted octanol–water partition coefficient (Wildman–Crippen LogP) is 1.16. The van der Waals surface area contributed by atoms with E-state index in [1.165, 1.54) is 12.7 Å². The summed E-state index contributed by atoms with van der Waals surface area (Å²) in [5.74, 6) is -0.191. The van der Waals surface area contributed by atoms with Gasteiger partial charge in [0, 0.05) is 45.8 Å². The van der Waals surface area contributed by atoms with E-state index >= 15 is 0 Å². The number of carbonyl (C=O) groups excluding carboxylic acids is 1. The second kappa shape index (κ2) is 10.6. The van der Waals surface area contributed by atoms with Crippen LogP contribution in [0, 0.1) is 0 Å². The molecule has 1 N–H and O–H groups in total. The minimum absolute atomic E-state index is 0. The van der Waals surface area contributed by atoms with Gasteiger partial charge in [0.2, 0.25) is 0 Å². The Labute approximate surface area is 145 Å². The molecule has 0 unspecified atom stereocenters.